The van der Waals surface area contributed by atoms with Crippen LogP contribution in [0.2, 0.25) is 0 Å². The smallest absolute Gasteiger partial charge is 0.201 e. The summed E-state index contributed by atoms with van der Waals surface area (Å²) in [7, 11) is 0. The van der Waals surface area contributed by atoms with Gasteiger partial charge in [-0.2, -0.15) is 10.5 Å². The number of rotatable bonds is 0. The fourth-order valence-corrected chi connectivity index (χ4v) is 0.720. The normalized spacial score (nSPS) is 7.54. The Kier molecular flexibility index (Phi) is 2.48. The van der Waals surface area contributed by atoms with E-state index in [4.69, 9.17) is 20.4 Å². The van der Waals surface area contributed by atoms with Crippen LogP contribution in [0.5, 0.6) is 0 Å². The summed E-state index contributed by atoms with van der Waals surface area (Å²) in [4.78, 5) is 0. The molecule has 1 heterocycles. The summed E-state index contributed by atoms with van der Waals surface area (Å²) in [6.45, 7) is 0. The van der Waals surface area contributed by atoms with Crippen molar-refractivity contribution >= 4 is 11.6 Å². The van der Waals surface area contributed by atoms with Crippen molar-refractivity contribution < 1.29 is 4.42 Å². The molecule has 0 saturated carbocycles. The Labute approximate surface area is 73.5 Å². The monoisotopic (exact) mass is 169 g/mol. The van der Waals surface area contributed by atoms with Crippen LogP contribution in [0.4, 0.5) is 0 Å². The third kappa shape index (κ3) is 1.74. The lowest BCUT2D eigenvalue weighted by molar-refractivity contribution is 0.534. The molecule has 0 aliphatic rings. The molecule has 0 amide bonds. The molecule has 0 unspecified atom stereocenters. The summed E-state index contributed by atoms with van der Waals surface area (Å²) >= 11 is 0. The van der Waals surface area contributed by atoms with Crippen LogP contribution in [0.15, 0.2) is 22.3 Å². The van der Waals surface area contributed by atoms with E-state index in [9.17, 15) is 0 Å². The van der Waals surface area contributed by atoms with E-state index in [1.54, 1.807) is 12.1 Å². The van der Waals surface area contributed by atoms with Gasteiger partial charge in [-0.25, -0.2) is 0 Å². The fraction of sp³-hybridized carbons (Fsp3) is 0. The summed E-state index contributed by atoms with van der Waals surface area (Å²) < 4.78 is 4.81. The Balaban J connectivity index is 3.78. The SMILES string of the molecule is N#CC(=C=c1ccoc1=C=N)C#N. The minimum atomic E-state index is -0.155. The van der Waals surface area contributed by atoms with Gasteiger partial charge in [-0.3, -0.25) is 5.41 Å². The predicted octanol–water partition coefficient (Wildman–Crippen LogP) is -0.447. The van der Waals surface area contributed by atoms with Crippen LogP contribution in [0.3, 0.4) is 0 Å². The van der Waals surface area contributed by atoms with Gasteiger partial charge in [-0.15, -0.1) is 0 Å². The lowest BCUT2D eigenvalue weighted by Gasteiger charge is -1.68. The van der Waals surface area contributed by atoms with Gasteiger partial charge in [0.1, 0.15) is 12.1 Å². The number of hydrogen-bond donors (Lipinski definition) is 1. The zero-order chi connectivity index (χ0) is 9.68. The Bertz CT molecular complexity index is 554. The van der Waals surface area contributed by atoms with Crippen molar-refractivity contribution in [2.75, 3.05) is 0 Å². The third-order valence-electron chi connectivity index (χ3n) is 1.26. The van der Waals surface area contributed by atoms with Gasteiger partial charge >= 0.3 is 0 Å². The molecule has 0 aromatic carbocycles. The molecule has 4 heteroatoms. The molecule has 0 aliphatic heterocycles. The highest BCUT2D eigenvalue weighted by atomic mass is 16.3. The first-order valence-corrected chi connectivity index (χ1v) is 3.26. The van der Waals surface area contributed by atoms with Gasteiger partial charge in [-0.1, -0.05) is 5.73 Å². The van der Waals surface area contributed by atoms with Crippen molar-refractivity contribution in [1.82, 2.24) is 0 Å². The standard InChI is InChI=1S/C9H3N3O/c10-4-7(5-11)3-8-1-2-13-9(8)6-12/h1-2,12H. The molecule has 0 saturated heterocycles. The molecule has 0 atom stereocenters. The molecule has 60 valence electrons. The molecule has 1 rings (SSSR count). The number of nitrogens with zero attached hydrogens (tertiary/aromatic N) is 2. The van der Waals surface area contributed by atoms with Gasteiger partial charge in [0.15, 0.2) is 5.57 Å². The Morgan fingerprint density at radius 3 is 2.62 bits per heavy atom. The lowest BCUT2D eigenvalue weighted by atomic mass is 10.3. The zero-order valence-electron chi connectivity index (χ0n) is 6.46. The van der Waals surface area contributed by atoms with Gasteiger partial charge < -0.3 is 4.42 Å². The van der Waals surface area contributed by atoms with Gasteiger partial charge in [0.05, 0.1) is 11.5 Å². The summed E-state index contributed by atoms with van der Waals surface area (Å²) in [5, 5.41) is 24.0. The van der Waals surface area contributed by atoms with Crippen LogP contribution in [-0.2, 0) is 0 Å². The van der Waals surface area contributed by atoms with E-state index in [2.05, 4.69) is 5.73 Å². The van der Waals surface area contributed by atoms with Crippen molar-refractivity contribution in [2.45, 2.75) is 0 Å². The maximum atomic E-state index is 8.42. The summed E-state index contributed by atoms with van der Waals surface area (Å²) in [5.41, 5.74) is 2.50. The first kappa shape index (κ1) is 8.59. The van der Waals surface area contributed by atoms with Gasteiger partial charge in [0.25, 0.3) is 0 Å². The van der Waals surface area contributed by atoms with Crippen LogP contribution >= 0.6 is 0 Å². The molecule has 4 nitrogen and oxygen atoms in total. The minimum absolute atomic E-state index is 0.155. The number of nitrogens with one attached hydrogen (secondary N) is 1. The van der Waals surface area contributed by atoms with Crippen LogP contribution in [-0.4, -0.2) is 5.87 Å². The van der Waals surface area contributed by atoms with Crippen molar-refractivity contribution in [3.05, 3.63) is 28.5 Å². The van der Waals surface area contributed by atoms with Crippen LogP contribution in [0.25, 0.3) is 5.73 Å². The van der Waals surface area contributed by atoms with Gasteiger partial charge in [0, 0.05) is 5.87 Å². The van der Waals surface area contributed by atoms with Crippen molar-refractivity contribution in [3.8, 4) is 12.1 Å². The molecular weight excluding hydrogens is 166 g/mol. The molecule has 0 aliphatic carbocycles. The average Bonchev–Trinajstić information content (AvgIpc) is 2.61. The number of hydrogen-bond acceptors (Lipinski definition) is 4. The molecule has 1 aromatic heterocycles. The zero-order valence-corrected chi connectivity index (χ0v) is 6.46. The maximum Gasteiger partial charge on any atom is 0.201 e. The highest BCUT2D eigenvalue weighted by Gasteiger charge is 1.89. The molecule has 0 bridgehead atoms. The summed E-state index contributed by atoms with van der Waals surface area (Å²) in [6, 6.07) is 4.82. The molecule has 1 aromatic rings. The van der Waals surface area contributed by atoms with E-state index >= 15 is 0 Å². The van der Waals surface area contributed by atoms with E-state index in [-0.39, 0.29) is 11.0 Å². The minimum Gasteiger partial charge on any atom is -0.454 e. The molecule has 0 radical (unpaired) electrons. The van der Waals surface area contributed by atoms with Crippen LogP contribution in [0, 0.1) is 28.1 Å². The average molecular weight is 169 g/mol. The number of allylic oxidation sites excluding steroid dienone is 1. The highest BCUT2D eigenvalue weighted by Crippen LogP contribution is 1.81. The molecule has 13 heavy (non-hydrogen) atoms. The van der Waals surface area contributed by atoms with E-state index in [1.165, 1.54) is 12.3 Å². The first-order chi connectivity index (χ1) is 6.31. The second kappa shape index (κ2) is 3.76. The van der Waals surface area contributed by atoms with E-state index in [1.807, 2.05) is 5.87 Å². The van der Waals surface area contributed by atoms with Crippen LogP contribution in [0.1, 0.15) is 0 Å². The second-order valence-corrected chi connectivity index (χ2v) is 2.01. The third-order valence-corrected chi connectivity index (χ3v) is 1.26. The van der Waals surface area contributed by atoms with E-state index in [0.717, 1.165) is 0 Å². The predicted molar refractivity (Wildman–Crippen MR) is 42.9 cm³/mol. The molecule has 0 spiro atoms. The van der Waals surface area contributed by atoms with Gasteiger partial charge in [-0.05, 0) is 6.07 Å². The quantitative estimate of drug-likeness (QED) is 0.421. The molecule has 0 fully saturated rings. The van der Waals surface area contributed by atoms with E-state index in [0.29, 0.717) is 5.22 Å². The first-order valence-electron chi connectivity index (χ1n) is 3.26. The second-order valence-electron chi connectivity index (χ2n) is 2.01. The maximum absolute atomic E-state index is 8.42. The van der Waals surface area contributed by atoms with Crippen molar-refractivity contribution in [1.29, 1.82) is 15.9 Å². The summed E-state index contributed by atoms with van der Waals surface area (Å²) in [6.07, 6.45) is 1.34. The van der Waals surface area contributed by atoms with Crippen molar-refractivity contribution in [2.24, 2.45) is 0 Å². The number of furan rings is 1. The molecule has 1 N–H and O–H groups in total. The topological polar surface area (TPSA) is 84.6 Å². The fourth-order valence-electron chi connectivity index (χ4n) is 0.720. The molecular formula is C9H3N3O. The Hall–Kier alpha value is -2.51. The van der Waals surface area contributed by atoms with Crippen molar-refractivity contribution in [3.63, 3.8) is 0 Å². The Morgan fingerprint density at radius 1 is 1.38 bits per heavy atom. The van der Waals surface area contributed by atoms with E-state index < -0.39 is 0 Å². The number of nitriles is 2. The lowest BCUT2D eigenvalue weighted by Crippen LogP contribution is -2.19. The highest BCUT2D eigenvalue weighted by molar-refractivity contribution is 5.50. The Morgan fingerprint density at radius 2 is 2.08 bits per heavy atom. The van der Waals surface area contributed by atoms with Crippen LogP contribution < -0.4 is 10.6 Å². The largest absolute Gasteiger partial charge is 0.454 e. The summed E-state index contributed by atoms with van der Waals surface area (Å²) in [5.74, 6) is 2.02. The van der Waals surface area contributed by atoms with Gasteiger partial charge in [0.2, 0.25) is 5.42 Å².